The van der Waals surface area contributed by atoms with Gasteiger partial charge in [-0.1, -0.05) is 0 Å². The Bertz CT molecular complexity index is 807. The van der Waals surface area contributed by atoms with Crippen LogP contribution < -0.4 is 0 Å². The summed E-state index contributed by atoms with van der Waals surface area (Å²) in [5.41, 5.74) is 0. The maximum absolute atomic E-state index is 12.9. The molecule has 3 heterocycles. The van der Waals surface area contributed by atoms with E-state index in [1.54, 1.807) is 17.0 Å². The van der Waals surface area contributed by atoms with Gasteiger partial charge in [0.15, 0.2) is 0 Å². The molecule has 1 atom stereocenters. The van der Waals surface area contributed by atoms with Crippen LogP contribution in [0.2, 0.25) is 0 Å². The number of aryl methyl sites for hydroxylation is 1. The Hall–Kier alpha value is -1.49. The Morgan fingerprint density at radius 2 is 2.07 bits per heavy atom. The van der Waals surface area contributed by atoms with Crippen LogP contribution in [-0.2, 0) is 19.6 Å². The van der Waals surface area contributed by atoms with Crippen LogP contribution in [0.3, 0.4) is 0 Å². The summed E-state index contributed by atoms with van der Waals surface area (Å²) in [7, 11) is -3.59. The molecule has 27 heavy (non-hydrogen) atoms. The second-order valence-corrected chi connectivity index (χ2v) is 10.4. The number of piperazine rings is 1. The van der Waals surface area contributed by atoms with Gasteiger partial charge >= 0.3 is 0 Å². The lowest BCUT2D eigenvalue weighted by atomic mass is 9.97. The van der Waals surface area contributed by atoms with Crippen LogP contribution in [-0.4, -0.2) is 85.3 Å². The summed E-state index contributed by atoms with van der Waals surface area (Å²) < 4.78 is 27.4. The average molecular weight is 416 g/mol. The minimum atomic E-state index is -3.59. The summed E-state index contributed by atoms with van der Waals surface area (Å²) >= 11 is 1.24. The van der Waals surface area contributed by atoms with Crippen molar-refractivity contribution in [2.45, 2.75) is 24.0 Å². The molecule has 1 aromatic heterocycles. The molecule has 3 rings (SSSR count). The number of carbonyl (C=O) groups is 2. The highest BCUT2D eigenvalue weighted by molar-refractivity contribution is 7.91. The molecule has 0 radical (unpaired) electrons. The van der Waals surface area contributed by atoms with Crippen molar-refractivity contribution in [2.75, 3.05) is 45.9 Å². The van der Waals surface area contributed by atoms with Crippen molar-refractivity contribution in [3.63, 3.8) is 0 Å². The van der Waals surface area contributed by atoms with Crippen molar-refractivity contribution in [3.05, 3.63) is 17.0 Å². The summed E-state index contributed by atoms with van der Waals surface area (Å²) in [4.78, 5) is 29.0. The lowest BCUT2D eigenvalue weighted by molar-refractivity contribution is -0.148. The number of β-amino-alcohol motifs (C(OH)–C–C–N with tert-alkyl or cyclic N) is 1. The van der Waals surface area contributed by atoms with Crippen molar-refractivity contribution >= 4 is 33.2 Å². The molecule has 1 N–H and O–H groups in total. The topological polar surface area (TPSA) is 98.2 Å². The fourth-order valence-electron chi connectivity index (χ4n) is 3.55. The molecule has 0 unspecified atom stereocenters. The van der Waals surface area contributed by atoms with Gasteiger partial charge in [0.1, 0.15) is 4.21 Å². The molecule has 1 aromatic rings. The number of hydrogen-bond acceptors (Lipinski definition) is 6. The van der Waals surface area contributed by atoms with Gasteiger partial charge in [0, 0.05) is 37.6 Å². The molecule has 8 nitrogen and oxygen atoms in total. The Morgan fingerprint density at radius 3 is 2.70 bits per heavy atom. The normalized spacial score (nSPS) is 22.3. The van der Waals surface area contributed by atoms with Crippen molar-refractivity contribution in [3.8, 4) is 0 Å². The van der Waals surface area contributed by atoms with Crippen molar-refractivity contribution < 1.29 is 23.1 Å². The van der Waals surface area contributed by atoms with Gasteiger partial charge in [-0.15, -0.1) is 11.3 Å². The second kappa shape index (κ2) is 8.26. The minimum absolute atomic E-state index is 0.00774. The van der Waals surface area contributed by atoms with E-state index < -0.39 is 15.9 Å². The number of sulfonamides is 1. The van der Waals surface area contributed by atoms with E-state index in [-0.39, 0.29) is 38.1 Å². The molecule has 0 spiro atoms. The Morgan fingerprint density at radius 1 is 1.30 bits per heavy atom. The van der Waals surface area contributed by atoms with Gasteiger partial charge in [0.25, 0.3) is 10.0 Å². The largest absolute Gasteiger partial charge is 0.395 e. The van der Waals surface area contributed by atoms with Gasteiger partial charge in [0.2, 0.25) is 11.8 Å². The first-order valence-corrected chi connectivity index (χ1v) is 11.3. The van der Waals surface area contributed by atoms with E-state index in [2.05, 4.69) is 0 Å². The van der Waals surface area contributed by atoms with Crippen LogP contribution in [0.1, 0.15) is 17.7 Å². The van der Waals surface area contributed by atoms with Gasteiger partial charge in [-0.25, -0.2) is 8.42 Å². The highest BCUT2D eigenvalue weighted by atomic mass is 32.2. The predicted octanol–water partition coefficient (Wildman–Crippen LogP) is 0.120. The second-order valence-electron chi connectivity index (χ2n) is 6.93. The number of piperidine rings is 1. The first-order chi connectivity index (χ1) is 12.8. The number of hydrogen-bond donors (Lipinski definition) is 1. The fraction of sp³-hybridized carbons (Fsp3) is 0.647. The number of rotatable bonds is 5. The Balaban J connectivity index is 1.66. The van der Waals surface area contributed by atoms with Crippen LogP contribution >= 0.6 is 11.3 Å². The van der Waals surface area contributed by atoms with E-state index >= 15 is 0 Å². The zero-order valence-corrected chi connectivity index (χ0v) is 17.0. The maximum atomic E-state index is 12.9. The molecule has 2 aliphatic rings. The smallest absolute Gasteiger partial charge is 0.252 e. The molecule has 10 heteroatoms. The molecular formula is C17H25N3O5S2. The lowest BCUT2D eigenvalue weighted by Gasteiger charge is -2.38. The minimum Gasteiger partial charge on any atom is -0.395 e. The Kier molecular flexibility index (Phi) is 6.19. The summed E-state index contributed by atoms with van der Waals surface area (Å²) in [6, 6.07) is 3.39. The quantitative estimate of drug-likeness (QED) is 0.737. The summed E-state index contributed by atoms with van der Waals surface area (Å²) in [5, 5.41) is 8.98. The molecule has 2 fully saturated rings. The van der Waals surface area contributed by atoms with Crippen LogP contribution in [0.5, 0.6) is 0 Å². The van der Waals surface area contributed by atoms with Crippen LogP contribution in [0.25, 0.3) is 0 Å². The van der Waals surface area contributed by atoms with Crippen molar-refractivity contribution in [2.24, 2.45) is 5.92 Å². The maximum Gasteiger partial charge on any atom is 0.252 e. The number of aliphatic hydroxyl groups is 1. The number of thiophene rings is 1. The molecular weight excluding hydrogens is 390 g/mol. The van der Waals surface area contributed by atoms with Crippen molar-refractivity contribution in [1.82, 2.24) is 14.1 Å². The lowest BCUT2D eigenvalue weighted by Crippen LogP contribution is -2.55. The summed E-state index contributed by atoms with van der Waals surface area (Å²) in [6.07, 6.45) is 1.25. The first kappa shape index (κ1) is 20.2. The van der Waals surface area contributed by atoms with Gasteiger partial charge in [-0.05, 0) is 31.9 Å². The third-order valence-corrected chi connectivity index (χ3v) is 8.38. The van der Waals surface area contributed by atoms with Gasteiger partial charge in [-0.2, -0.15) is 4.31 Å². The van der Waals surface area contributed by atoms with E-state index in [1.165, 1.54) is 20.5 Å². The summed E-state index contributed by atoms with van der Waals surface area (Å²) in [5.74, 6) is -0.765. The van der Waals surface area contributed by atoms with E-state index in [4.69, 9.17) is 5.11 Å². The Labute approximate surface area is 163 Å². The molecule has 2 aliphatic heterocycles. The highest BCUT2D eigenvalue weighted by Crippen LogP contribution is 2.29. The molecule has 0 bridgehead atoms. The van der Waals surface area contributed by atoms with E-state index in [0.717, 1.165) is 4.88 Å². The SMILES string of the molecule is Cc1ccc(S(=O)(=O)N2CCC[C@@H](C(=O)N3CCN(CCO)C(=O)C3)C2)s1. The van der Waals surface area contributed by atoms with E-state index in [9.17, 15) is 18.0 Å². The van der Waals surface area contributed by atoms with Crippen LogP contribution in [0.4, 0.5) is 0 Å². The number of carbonyl (C=O) groups excluding carboxylic acids is 2. The van der Waals surface area contributed by atoms with Gasteiger partial charge in [0.05, 0.1) is 19.1 Å². The molecule has 2 amide bonds. The number of nitrogens with zero attached hydrogens (tertiary/aromatic N) is 3. The number of amides is 2. The molecule has 0 aromatic carbocycles. The average Bonchev–Trinajstić information content (AvgIpc) is 3.10. The monoisotopic (exact) mass is 415 g/mol. The molecule has 0 saturated carbocycles. The standard InChI is InChI=1S/C17H25N3O5S2/c1-13-4-5-16(26-13)27(24,25)20-6-2-3-14(11-20)17(23)19-8-7-18(9-10-21)15(22)12-19/h4-5,14,21H,2-3,6-12H2,1H3/t14-/m1/s1. The molecule has 2 saturated heterocycles. The summed E-state index contributed by atoms with van der Waals surface area (Å²) in [6.45, 7) is 3.40. The third-order valence-electron chi connectivity index (χ3n) is 5.04. The predicted molar refractivity (Wildman–Crippen MR) is 101 cm³/mol. The fourth-order valence-corrected chi connectivity index (χ4v) is 6.51. The van der Waals surface area contributed by atoms with Gasteiger partial charge in [-0.3, -0.25) is 9.59 Å². The molecule has 150 valence electrons. The molecule has 0 aliphatic carbocycles. The van der Waals surface area contributed by atoms with E-state index in [0.29, 0.717) is 36.7 Å². The zero-order chi connectivity index (χ0) is 19.6. The zero-order valence-electron chi connectivity index (χ0n) is 15.3. The number of aliphatic hydroxyl groups excluding tert-OH is 1. The first-order valence-electron chi connectivity index (χ1n) is 9.07. The van der Waals surface area contributed by atoms with Crippen LogP contribution in [0, 0.1) is 12.8 Å². The van der Waals surface area contributed by atoms with Gasteiger partial charge < -0.3 is 14.9 Å². The van der Waals surface area contributed by atoms with Crippen LogP contribution in [0.15, 0.2) is 16.3 Å². The van der Waals surface area contributed by atoms with Crippen molar-refractivity contribution in [1.29, 1.82) is 0 Å². The van der Waals surface area contributed by atoms with E-state index in [1.807, 2.05) is 6.92 Å². The highest BCUT2D eigenvalue weighted by Gasteiger charge is 2.37. The third kappa shape index (κ3) is 4.34.